The average molecular weight is 398 g/mol. The lowest BCUT2D eigenvalue weighted by molar-refractivity contribution is 0.0725. The van der Waals surface area contributed by atoms with Crippen LogP contribution in [-0.4, -0.2) is 42.0 Å². The number of rotatable bonds is 4. The van der Waals surface area contributed by atoms with Gasteiger partial charge in [-0.15, -0.1) is 0 Å². The van der Waals surface area contributed by atoms with Gasteiger partial charge in [0.2, 0.25) is 0 Å². The number of hydrogen-bond acceptors (Lipinski definition) is 4. The van der Waals surface area contributed by atoms with Gasteiger partial charge in [-0.2, -0.15) is 0 Å². The first-order valence-electron chi connectivity index (χ1n) is 9.23. The zero-order valence-electron chi connectivity index (χ0n) is 15.7. The highest BCUT2D eigenvalue weighted by Gasteiger charge is 2.21. The number of carbonyl (C=O) groups is 2. The Morgan fingerprint density at radius 2 is 1.68 bits per heavy atom. The van der Waals surface area contributed by atoms with Crippen LogP contribution in [0.25, 0.3) is 0 Å². The zero-order valence-corrected chi connectivity index (χ0v) is 16.6. The molecule has 2 aromatic rings. The summed E-state index contributed by atoms with van der Waals surface area (Å²) in [5.74, 6) is 0.314. The Hall–Kier alpha value is -2.93. The molecule has 0 unspecified atom stereocenters. The van der Waals surface area contributed by atoms with Gasteiger partial charge in [-0.3, -0.25) is 14.9 Å². The molecule has 0 radical (unpaired) electrons. The van der Waals surface area contributed by atoms with Gasteiger partial charge in [-0.05, 0) is 67.9 Å². The third kappa shape index (κ3) is 4.86. The van der Waals surface area contributed by atoms with Crippen molar-refractivity contribution in [3.63, 3.8) is 0 Å². The van der Waals surface area contributed by atoms with Crippen molar-refractivity contribution in [1.82, 2.24) is 10.2 Å². The molecule has 0 bridgehead atoms. The first-order chi connectivity index (χ1) is 13.6. The van der Waals surface area contributed by atoms with E-state index in [0.29, 0.717) is 22.6 Å². The van der Waals surface area contributed by atoms with Gasteiger partial charge < -0.3 is 15.0 Å². The average Bonchev–Trinajstić information content (AvgIpc) is 2.74. The Bertz CT molecular complexity index is 861. The molecule has 2 amide bonds. The summed E-state index contributed by atoms with van der Waals surface area (Å²) < 4.78 is 5.09. The van der Waals surface area contributed by atoms with Gasteiger partial charge in [0.15, 0.2) is 5.11 Å². The van der Waals surface area contributed by atoms with E-state index in [2.05, 4.69) is 10.6 Å². The maximum atomic E-state index is 12.8. The number of amides is 2. The molecule has 0 atom stereocenters. The van der Waals surface area contributed by atoms with Crippen molar-refractivity contribution in [3.05, 3.63) is 59.7 Å². The van der Waals surface area contributed by atoms with Crippen LogP contribution in [-0.2, 0) is 0 Å². The van der Waals surface area contributed by atoms with E-state index in [-0.39, 0.29) is 16.9 Å². The van der Waals surface area contributed by atoms with E-state index >= 15 is 0 Å². The minimum atomic E-state index is -0.333. The standard InChI is InChI=1S/C21H23N3O3S/c1-27-16-11-9-15(10-12-16)19(25)23-21(28)22-18-8-4-3-7-17(18)20(26)24-13-5-2-6-14-24/h3-4,7-12H,2,5-6,13-14H2,1H3,(H2,22,23,25,28). The first kappa shape index (κ1) is 19.8. The second-order valence-corrected chi connectivity index (χ2v) is 6.94. The number of hydrogen-bond donors (Lipinski definition) is 2. The minimum Gasteiger partial charge on any atom is -0.497 e. The summed E-state index contributed by atoms with van der Waals surface area (Å²) in [5.41, 5.74) is 1.59. The van der Waals surface area contributed by atoms with Gasteiger partial charge in [0, 0.05) is 18.7 Å². The van der Waals surface area contributed by atoms with Gasteiger partial charge in [-0.1, -0.05) is 12.1 Å². The molecule has 2 aromatic carbocycles. The Kier molecular flexibility index (Phi) is 6.60. The molecule has 0 aromatic heterocycles. The molecule has 7 heteroatoms. The van der Waals surface area contributed by atoms with Crippen LogP contribution in [0.5, 0.6) is 5.75 Å². The number of para-hydroxylation sites is 1. The fourth-order valence-corrected chi connectivity index (χ4v) is 3.32. The molecule has 1 saturated heterocycles. The molecule has 0 aliphatic carbocycles. The maximum absolute atomic E-state index is 12.8. The predicted octanol–water partition coefficient (Wildman–Crippen LogP) is 3.45. The van der Waals surface area contributed by atoms with Gasteiger partial charge in [0.1, 0.15) is 5.75 Å². The molecule has 1 fully saturated rings. The van der Waals surface area contributed by atoms with Crippen LogP contribution in [0.2, 0.25) is 0 Å². The number of likely N-dealkylation sites (tertiary alicyclic amines) is 1. The van der Waals surface area contributed by atoms with Gasteiger partial charge in [0.25, 0.3) is 11.8 Å². The summed E-state index contributed by atoms with van der Waals surface area (Å²) in [4.78, 5) is 27.1. The number of benzene rings is 2. The molecule has 0 spiro atoms. The lowest BCUT2D eigenvalue weighted by Crippen LogP contribution is -2.37. The number of thiocarbonyl (C=S) groups is 1. The molecular weight excluding hydrogens is 374 g/mol. The van der Waals surface area contributed by atoms with Gasteiger partial charge in [-0.25, -0.2) is 0 Å². The maximum Gasteiger partial charge on any atom is 0.257 e. The highest BCUT2D eigenvalue weighted by Crippen LogP contribution is 2.20. The van der Waals surface area contributed by atoms with E-state index in [1.165, 1.54) is 0 Å². The number of carbonyl (C=O) groups excluding carboxylic acids is 2. The second kappa shape index (κ2) is 9.32. The van der Waals surface area contributed by atoms with Crippen molar-refractivity contribution in [3.8, 4) is 5.75 Å². The van der Waals surface area contributed by atoms with Crippen LogP contribution < -0.4 is 15.4 Å². The topological polar surface area (TPSA) is 70.7 Å². The Morgan fingerprint density at radius 3 is 2.36 bits per heavy atom. The van der Waals surface area contributed by atoms with Crippen molar-refractivity contribution < 1.29 is 14.3 Å². The van der Waals surface area contributed by atoms with Crippen molar-refractivity contribution in [2.24, 2.45) is 0 Å². The Balaban J connectivity index is 1.66. The van der Waals surface area contributed by atoms with Crippen molar-refractivity contribution in [1.29, 1.82) is 0 Å². The molecule has 0 saturated carbocycles. The van der Waals surface area contributed by atoms with Crippen LogP contribution in [0, 0.1) is 0 Å². The van der Waals surface area contributed by atoms with E-state index in [1.807, 2.05) is 17.0 Å². The molecule has 3 rings (SSSR count). The number of piperidine rings is 1. The Labute approximate surface area is 169 Å². The van der Waals surface area contributed by atoms with Gasteiger partial charge in [0.05, 0.1) is 18.4 Å². The van der Waals surface area contributed by atoms with E-state index in [1.54, 1.807) is 43.5 Å². The lowest BCUT2D eigenvalue weighted by atomic mass is 10.1. The summed E-state index contributed by atoms with van der Waals surface area (Å²) >= 11 is 5.27. The normalized spacial score (nSPS) is 13.5. The fraction of sp³-hybridized carbons (Fsp3) is 0.286. The zero-order chi connectivity index (χ0) is 19.9. The second-order valence-electron chi connectivity index (χ2n) is 6.54. The molecule has 1 heterocycles. The molecule has 2 N–H and O–H groups in total. The number of ether oxygens (including phenoxy) is 1. The number of nitrogens with one attached hydrogen (secondary N) is 2. The molecule has 1 aliphatic rings. The Morgan fingerprint density at radius 1 is 1.00 bits per heavy atom. The minimum absolute atomic E-state index is 0.0212. The van der Waals surface area contributed by atoms with Crippen LogP contribution in [0.3, 0.4) is 0 Å². The van der Waals surface area contributed by atoms with E-state index < -0.39 is 0 Å². The molecule has 28 heavy (non-hydrogen) atoms. The number of methoxy groups -OCH3 is 1. The van der Waals surface area contributed by atoms with Crippen LogP contribution >= 0.6 is 12.2 Å². The third-order valence-corrected chi connectivity index (χ3v) is 4.83. The van der Waals surface area contributed by atoms with E-state index in [0.717, 1.165) is 32.4 Å². The largest absolute Gasteiger partial charge is 0.497 e. The molecule has 6 nitrogen and oxygen atoms in total. The van der Waals surface area contributed by atoms with Crippen LogP contribution in [0.4, 0.5) is 5.69 Å². The summed E-state index contributed by atoms with van der Waals surface area (Å²) in [5, 5.41) is 5.76. The summed E-state index contributed by atoms with van der Waals surface area (Å²) in [6, 6.07) is 13.9. The van der Waals surface area contributed by atoms with E-state index in [9.17, 15) is 9.59 Å². The molecule has 146 valence electrons. The van der Waals surface area contributed by atoms with Crippen molar-refractivity contribution >= 4 is 34.8 Å². The quantitative estimate of drug-likeness (QED) is 0.774. The van der Waals surface area contributed by atoms with Crippen molar-refractivity contribution in [2.45, 2.75) is 19.3 Å². The van der Waals surface area contributed by atoms with Crippen LogP contribution in [0.15, 0.2) is 48.5 Å². The van der Waals surface area contributed by atoms with Gasteiger partial charge >= 0.3 is 0 Å². The van der Waals surface area contributed by atoms with Crippen molar-refractivity contribution in [2.75, 3.05) is 25.5 Å². The SMILES string of the molecule is COc1ccc(C(=O)NC(=S)Nc2ccccc2C(=O)N2CCCCC2)cc1. The smallest absolute Gasteiger partial charge is 0.257 e. The number of anilines is 1. The fourth-order valence-electron chi connectivity index (χ4n) is 3.12. The third-order valence-electron chi connectivity index (χ3n) is 4.63. The summed E-state index contributed by atoms with van der Waals surface area (Å²) in [7, 11) is 1.57. The number of nitrogens with zero attached hydrogens (tertiary/aromatic N) is 1. The summed E-state index contributed by atoms with van der Waals surface area (Å²) in [6.07, 6.45) is 3.21. The van der Waals surface area contributed by atoms with E-state index in [4.69, 9.17) is 17.0 Å². The summed E-state index contributed by atoms with van der Waals surface area (Å²) in [6.45, 7) is 1.54. The lowest BCUT2D eigenvalue weighted by Gasteiger charge is -2.27. The highest BCUT2D eigenvalue weighted by atomic mass is 32.1. The molecule has 1 aliphatic heterocycles. The predicted molar refractivity (Wildman–Crippen MR) is 113 cm³/mol. The first-order valence-corrected chi connectivity index (χ1v) is 9.64. The van der Waals surface area contributed by atoms with Crippen LogP contribution in [0.1, 0.15) is 40.0 Å². The molecular formula is C21H23N3O3S. The highest BCUT2D eigenvalue weighted by molar-refractivity contribution is 7.80. The monoisotopic (exact) mass is 397 g/mol.